The number of aromatic nitrogens is 1. The number of hydrogen-bond donors (Lipinski definition) is 1. The van der Waals surface area contributed by atoms with E-state index in [9.17, 15) is 5.11 Å². The quantitative estimate of drug-likeness (QED) is 0.354. The van der Waals surface area contributed by atoms with Crippen LogP contribution in [0, 0.1) is 0 Å². The third-order valence-electron chi connectivity index (χ3n) is 4.58. The molecule has 4 aromatic rings. The van der Waals surface area contributed by atoms with E-state index in [0.29, 0.717) is 6.54 Å². The maximum Gasteiger partial charge on any atom is 0.206 e. The van der Waals surface area contributed by atoms with E-state index in [-0.39, 0.29) is 5.75 Å². The average Bonchev–Trinajstić information content (AvgIpc) is 3.18. The van der Waals surface area contributed by atoms with Gasteiger partial charge in [0.2, 0.25) is 4.80 Å². The van der Waals surface area contributed by atoms with Crippen molar-refractivity contribution in [1.29, 1.82) is 0 Å². The fourth-order valence-corrected chi connectivity index (χ4v) is 3.95. The second-order valence-electron chi connectivity index (χ2n) is 6.61. The van der Waals surface area contributed by atoms with E-state index in [4.69, 9.17) is 4.74 Å². The molecule has 0 amide bonds. The van der Waals surface area contributed by atoms with Crippen molar-refractivity contribution in [3.8, 4) is 22.8 Å². The SMILES string of the molecule is C=CCN=c1scc(-c2ccc3cc(OC)ccc3c2)n1N=Cc1cccc(O)c1. The van der Waals surface area contributed by atoms with Crippen molar-refractivity contribution in [2.75, 3.05) is 13.7 Å². The largest absolute Gasteiger partial charge is 0.508 e. The molecule has 1 heterocycles. The molecule has 1 aromatic heterocycles. The van der Waals surface area contributed by atoms with Gasteiger partial charge in [-0.15, -0.1) is 17.9 Å². The minimum atomic E-state index is 0.205. The van der Waals surface area contributed by atoms with Crippen LogP contribution in [0.5, 0.6) is 11.5 Å². The van der Waals surface area contributed by atoms with Gasteiger partial charge < -0.3 is 9.84 Å². The lowest BCUT2D eigenvalue weighted by molar-refractivity contribution is 0.415. The van der Waals surface area contributed by atoms with Crippen LogP contribution in [0.2, 0.25) is 0 Å². The molecule has 0 radical (unpaired) electrons. The van der Waals surface area contributed by atoms with Gasteiger partial charge in [-0.1, -0.05) is 36.4 Å². The first-order valence-corrected chi connectivity index (χ1v) is 10.3. The van der Waals surface area contributed by atoms with Gasteiger partial charge in [-0.3, -0.25) is 4.99 Å². The van der Waals surface area contributed by atoms with E-state index in [2.05, 4.69) is 34.9 Å². The molecule has 6 heteroatoms. The lowest BCUT2D eigenvalue weighted by Gasteiger charge is -2.07. The van der Waals surface area contributed by atoms with Crippen LogP contribution in [0.1, 0.15) is 5.56 Å². The van der Waals surface area contributed by atoms with E-state index < -0.39 is 0 Å². The lowest BCUT2D eigenvalue weighted by Crippen LogP contribution is -2.12. The first-order valence-electron chi connectivity index (χ1n) is 9.41. The number of methoxy groups -OCH3 is 1. The van der Waals surface area contributed by atoms with Crippen LogP contribution >= 0.6 is 11.3 Å². The molecule has 30 heavy (non-hydrogen) atoms. The molecule has 5 nitrogen and oxygen atoms in total. The molecule has 3 aromatic carbocycles. The molecule has 0 atom stereocenters. The molecule has 0 unspecified atom stereocenters. The van der Waals surface area contributed by atoms with Gasteiger partial charge in [0.15, 0.2) is 0 Å². The van der Waals surface area contributed by atoms with Crippen molar-refractivity contribution in [1.82, 2.24) is 4.68 Å². The summed E-state index contributed by atoms with van der Waals surface area (Å²) in [6.07, 6.45) is 3.47. The molecule has 0 fully saturated rings. The maximum absolute atomic E-state index is 9.71. The molecular formula is C24H21N3O2S. The summed E-state index contributed by atoms with van der Waals surface area (Å²) >= 11 is 1.53. The first kappa shape index (κ1) is 19.7. The Hall–Kier alpha value is -3.64. The number of benzene rings is 3. The normalized spacial score (nSPS) is 12.0. The van der Waals surface area contributed by atoms with Crippen molar-refractivity contribution >= 4 is 28.3 Å². The smallest absolute Gasteiger partial charge is 0.206 e. The third-order valence-corrected chi connectivity index (χ3v) is 5.43. The van der Waals surface area contributed by atoms with E-state index in [1.165, 1.54) is 11.3 Å². The number of fused-ring (bicyclic) bond motifs is 1. The van der Waals surface area contributed by atoms with Crippen LogP contribution in [0.3, 0.4) is 0 Å². The molecule has 0 saturated heterocycles. The van der Waals surface area contributed by atoms with Gasteiger partial charge in [-0.05, 0) is 46.7 Å². The number of rotatable bonds is 6. The van der Waals surface area contributed by atoms with Gasteiger partial charge >= 0.3 is 0 Å². The number of phenolic OH excluding ortho intramolecular Hbond substituents is 1. The molecule has 150 valence electrons. The number of ether oxygens (including phenoxy) is 1. The minimum absolute atomic E-state index is 0.205. The highest BCUT2D eigenvalue weighted by Gasteiger charge is 2.09. The fraction of sp³-hybridized carbons (Fsp3) is 0.0833. The van der Waals surface area contributed by atoms with E-state index in [1.54, 1.807) is 37.6 Å². The highest BCUT2D eigenvalue weighted by atomic mass is 32.1. The Kier molecular flexibility index (Phi) is 5.77. The summed E-state index contributed by atoms with van der Waals surface area (Å²) in [6, 6.07) is 19.3. The van der Waals surface area contributed by atoms with Crippen LogP contribution < -0.4 is 9.54 Å². The van der Waals surface area contributed by atoms with Gasteiger partial charge in [0.1, 0.15) is 11.5 Å². The van der Waals surface area contributed by atoms with Crippen LogP contribution in [-0.4, -0.2) is 29.7 Å². The minimum Gasteiger partial charge on any atom is -0.508 e. The standard InChI is InChI=1S/C24H21N3O2S/c1-3-11-25-24-27(26-15-17-5-4-6-21(28)12-17)23(16-30-24)20-8-7-19-14-22(29-2)10-9-18(19)13-20/h3-10,12-16,28H,1,11H2,2H3. The van der Waals surface area contributed by atoms with Crippen LogP contribution in [-0.2, 0) is 0 Å². The van der Waals surface area contributed by atoms with Crippen LogP contribution in [0.15, 0.2) is 88.8 Å². The number of thiazole rings is 1. The van der Waals surface area contributed by atoms with Crippen molar-refractivity contribution < 1.29 is 9.84 Å². The Morgan fingerprint density at radius 3 is 2.73 bits per heavy atom. The molecular weight excluding hydrogens is 394 g/mol. The molecule has 0 saturated carbocycles. The number of hydrogen-bond acceptors (Lipinski definition) is 5. The average molecular weight is 416 g/mol. The molecule has 0 aliphatic carbocycles. The molecule has 0 aliphatic rings. The summed E-state index contributed by atoms with van der Waals surface area (Å²) in [4.78, 5) is 5.34. The van der Waals surface area contributed by atoms with Crippen LogP contribution in [0.4, 0.5) is 0 Å². The zero-order chi connectivity index (χ0) is 20.9. The van der Waals surface area contributed by atoms with E-state index in [0.717, 1.165) is 38.1 Å². The zero-order valence-electron chi connectivity index (χ0n) is 16.5. The van der Waals surface area contributed by atoms with Gasteiger partial charge in [0.05, 0.1) is 25.6 Å². The first-order chi connectivity index (χ1) is 14.7. The van der Waals surface area contributed by atoms with Crippen molar-refractivity contribution in [2.24, 2.45) is 10.1 Å². The molecule has 0 aliphatic heterocycles. The Balaban J connectivity index is 1.80. The van der Waals surface area contributed by atoms with Gasteiger partial charge in [0, 0.05) is 10.9 Å². The number of nitrogens with zero attached hydrogens (tertiary/aromatic N) is 3. The second-order valence-corrected chi connectivity index (χ2v) is 7.45. The topological polar surface area (TPSA) is 59.1 Å². The monoisotopic (exact) mass is 415 g/mol. The Morgan fingerprint density at radius 2 is 1.93 bits per heavy atom. The summed E-state index contributed by atoms with van der Waals surface area (Å²) in [7, 11) is 1.67. The van der Waals surface area contributed by atoms with Gasteiger partial charge in [0.25, 0.3) is 0 Å². The summed E-state index contributed by atoms with van der Waals surface area (Å²) in [5.74, 6) is 1.04. The Morgan fingerprint density at radius 1 is 1.10 bits per heavy atom. The zero-order valence-corrected chi connectivity index (χ0v) is 17.3. The second kappa shape index (κ2) is 8.80. The Labute approximate surface area is 178 Å². The molecule has 0 spiro atoms. The third kappa shape index (κ3) is 4.18. The number of phenols is 1. The lowest BCUT2D eigenvalue weighted by atomic mass is 10.1. The predicted octanol–water partition coefficient (Wildman–Crippen LogP) is 5.05. The fourth-order valence-electron chi connectivity index (χ4n) is 3.10. The summed E-state index contributed by atoms with van der Waals surface area (Å²) in [5.41, 5.74) is 2.79. The summed E-state index contributed by atoms with van der Waals surface area (Å²) in [5, 5.41) is 18.6. The number of aromatic hydroxyl groups is 1. The van der Waals surface area contributed by atoms with Crippen molar-refractivity contribution in [2.45, 2.75) is 0 Å². The van der Waals surface area contributed by atoms with E-state index in [1.807, 2.05) is 34.3 Å². The van der Waals surface area contributed by atoms with Crippen molar-refractivity contribution in [3.05, 3.63) is 89.1 Å². The maximum atomic E-state index is 9.71. The van der Waals surface area contributed by atoms with Crippen molar-refractivity contribution in [3.63, 3.8) is 0 Å². The molecule has 0 bridgehead atoms. The highest BCUT2D eigenvalue weighted by Crippen LogP contribution is 2.27. The summed E-state index contributed by atoms with van der Waals surface area (Å²) in [6.45, 7) is 4.26. The van der Waals surface area contributed by atoms with Gasteiger partial charge in [-0.25, -0.2) is 4.68 Å². The Bertz CT molecular complexity index is 1300. The molecule has 1 N–H and O–H groups in total. The molecule has 4 rings (SSSR count). The predicted molar refractivity (Wildman–Crippen MR) is 124 cm³/mol. The highest BCUT2D eigenvalue weighted by molar-refractivity contribution is 7.07. The van der Waals surface area contributed by atoms with Crippen LogP contribution in [0.25, 0.3) is 22.0 Å². The van der Waals surface area contributed by atoms with E-state index >= 15 is 0 Å². The van der Waals surface area contributed by atoms with Gasteiger partial charge in [-0.2, -0.15) is 5.10 Å². The summed E-state index contributed by atoms with van der Waals surface area (Å²) < 4.78 is 7.14.